The lowest BCUT2D eigenvalue weighted by molar-refractivity contribution is 0.0695. The van der Waals surface area contributed by atoms with Crippen LogP contribution in [0.25, 0.3) is 0 Å². The molecule has 0 saturated heterocycles. The Labute approximate surface area is 124 Å². The maximum absolute atomic E-state index is 10.9. The molecule has 110 valence electrons. The van der Waals surface area contributed by atoms with Gasteiger partial charge in [-0.2, -0.15) is 0 Å². The molecular weight excluding hydrogens is 266 g/mol. The van der Waals surface area contributed by atoms with E-state index in [1.165, 1.54) is 11.8 Å². The van der Waals surface area contributed by atoms with Crippen molar-refractivity contribution in [2.75, 3.05) is 11.9 Å². The minimum Gasteiger partial charge on any atom is -0.478 e. The van der Waals surface area contributed by atoms with Gasteiger partial charge in [-0.05, 0) is 24.8 Å². The Morgan fingerprint density at radius 3 is 2.67 bits per heavy atom. The predicted molar refractivity (Wildman–Crippen MR) is 81.7 cm³/mol. The molecule has 21 heavy (non-hydrogen) atoms. The van der Waals surface area contributed by atoms with Gasteiger partial charge in [0.1, 0.15) is 0 Å². The number of anilines is 1. The third-order valence-corrected chi connectivity index (χ3v) is 3.44. The lowest BCUT2D eigenvalue weighted by Crippen LogP contribution is -2.11. The maximum atomic E-state index is 10.9. The van der Waals surface area contributed by atoms with Crippen molar-refractivity contribution in [2.24, 2.45) is 0 Å². The normalized spacial score (nSPS) is 11.9. The standard InChI is InChI=1S/C16H19N3O2/c1-11(13-6-4-3-5-7-13)8-9-17-16-18-10-14(15(20)21)12(2)19-16/h3-7,10-11H,8-9H2,1-2H3,(H,20,21)(H,17,18,19). The van der Waals surface area contributed by atoms with Crippen LogP contribution in [0.15, 0.2) is 36.5 Å². The van der Waals surface area contributed by atoms with Crippen LogP contribution in [0.1, 0.15) is 40.9 Å². The predicted octanol–water partition coefficient (Wildman–Crippen LogP) is 3.09. The molecule has 0 spiro atoms. The molecule has 5 heteroatoms. The molecule has 2 N–H and O–H groups in total. The highest BCUT2D eigenvalue weighted by Crippen LogP contribution is 2.18. The topological polar surface area (TPSA) is 75.1 Å². The van der Waals surface area contributed by atoms with Crippen LogP contribution >= 0.6 is 0 Å². The SMILES string of the molecule is Cc1nc(NCCC(C)c2ccccc2)ncc1C(=O)O. The van der Waals surface area contributed by atoms with Gasteiger partial charge < -0.3 is 10.4 Å². The number of benzene rings is 1. The van der Waals surface area contributed by atoms with Gasteiger partial charge in [-0.15, -0.1) is 0 Å². The monoisotopic (exact) mass is 285 g/mol. The lowest BCUT2D eigenvalue weighted by Gasteiger charge is -2.12. The van der Waals surface area contributed by atoms with Gasteiger partial charge in [0.25, 0.3) is 0 Å². The Hall–Kier alpha value is -2.43. The molecule has 0 radical (unpaired) electrons. The molecule has 0 saturated carbocycles. The second-order valence-electron chi connectivity index (χ2n) is 5.03. The molecule has 0 amide bonds. The van der Waals surface area contributed by atoms with Crippen LogP contribution in [0, 0.1) is 6.92 Å². The summed E-state index contributed by atoms with van der Waals surface area (Å²) in [7, 11) is 0. The number of aromatic carboxylic acids is 1. The summed E-state index contributed by atoms with van der Waals surface area (Å²) < 4.78 is 0. The first-order valence-electron chi connectivity index (χ1n) is 6.93. The molecule has 5 nitrogen and oxygen atoms in total. The molecule has 0 bridgehead atoms. The number of carbonyl (C=O) groups is 1. The molecule has 1 heterocycles. The maximum Gasteiger partial charge on any atom is 0.339 e. The van der Waals surface area contributed by atoms with Crippen LogP contribution in [0.4, 0.5) is 5.95 Å². The van der Waals surface area contributed by atoms with Crippen molar-refractivity contribution in [3.63, 3.8) is 0 Å². The van der Waals surface area contributed by atoms with Gasteiger partial charge in [0.05, 0.1) is 11.3 Å². The second kappa shape index (κ2) is 6.83. The molecule has 0 aliphatic heterocycles. The largest absolute Gasteiger partial charge is 0.478 e. The highest BCUT2D eigenvalue weighted by Gasteiger charge is 2.10. The van der Waals surface area contributed by atoms with E-state index in [1.54, 1.807) is 6.92 Å². The van der Waals surface area contributed by atoms with Crippen LogP contribution in [0.5, 0.6) is 0 Å². The van der Waals surface area contributed by atoms with E-state index < -0.39 is 5.97 Å². The van der Waals surface area contributed by atoms with Crippen molar-refractivity contribution < 1.29 is 9.90 Å². The van der Waals surface area contributed by atoms with E-state index >= 15 is 0 Å². The number of nitrogens with zero attached hydrogens (tertiary/aromatic N) is 2. The minimum absolute atomic E-state index is 0.137. The summed E-state index contributed by atoms with van der Waals surface area (Å²) in [5, 5.41) is 12.1. The first-order valence-corrected chi connectivity index (χ1v) is 6.93. The van der Waals surface area contributed by atoms with E-state index in [1.807, 2.05) is 18.2 Å². The third-order valence-electron chi connectivity index (χ3n) is 3.44. The van der Waals surface area contributed by atoms with E-state index in [0.29, 0.717) is 17.6 Å². The summed E-state index contributed by atoms with van der Waals surface area (Å²) >= 11 is 0. The summed E-state index contributed by atoms with van der Waals surface area (Å²) in [6.07, 6.45) is 2.29. The van der Waals surface area contributed by atoms with Crippen molar-refractivity contribution in [1.82, 2.24) is 9.97 Å². The fraction of sp³-hybridized carbons (Fsp3) is 0.312. The Kier molecular flexibility index (Phi) is 4.87. The van der Waals surface area contributed by atoms with Crippen LogP contribution in [0.3, 0.4) is 0 Å². The van der Waals surface area contributed by atoms with E-state index in [-0.39, 0.29) is 5.56 Å². The number of aryl methyl sites for hydroxylation is 1. The zero-order valence-corrected chi connectivity index (χ0v) is 12.2. The van der Waals surface area contributed by atoms with Crippen LogP contribution in [-0.2, 0) is 0 Å². The first kappa shape index (κ1) is 15.0. The summed E-state index contributed by atoms with van der Waals surface area (Å²) in [5.74, 6) is -0.0902. The lowest BCUT2D eigenvalue weighted by atomic mass is 9.98. The first-order chi connectivity index (χ1) is 10.1. The number of carboxylic acid groups (broad SMARTS) is 1. The van der Waals surface area contributed by atoms with Crippen molar-refractivity contribution in [1.29, 1.82) is 0 Å². The number of carboxylic acids is 1. The van der Waals surface area contributed by atoms with E-state index in [9.17, 15) is 4.79 Å². The number of hydrogen-bond donors (Lipinski definition) is 2. The molecule has 1 aromatic heterocycles. The molecular formula is C16H19N3O2. The Bertz CT molecular complexity index is 614. The zero-order valence-electron chi connectivity index (χ0n) is 12.2. The summed E-state index contributed by atoms with van der Waals surface area (Å²) in [6, 6.07) is 10.3. The summed E-state index contributed by atoms with van der Waals surface area (Å²) in [5.41, 5.74) is 1.91. The van der Waals surface area contributed by atoms with Gasteiger partial charge in [0.2, 0.25) is 5.95 Å². The van der Waals surface area contributed by atoms with Crippen LogP contribution in [-0.4, -0.2) is 27.6 Å². The van der Waals surface area contributed by atoms with Gasteiger partial charge >= 0.3 is 5.97 Å². The Morgan fingerprint density at radius 2 is 2.05 bits per heavy atom. The highest BCUT2D eigenvalue weighted by molar-refractivity contribution is 5.88. The average molecular weight is 285 g/mol. The van der Waals surface area contributed by atoms with Gasteiger partial charge in [0, 0.05) is 12.7 Å². The van der Waals surface area contributed by atoms with Gasteiger partial charge in [-0.25, -0.2) is 14.8 Å². The molecule has 2 rings (SSSR count). The van der Waals surface area contributed by atoms with Gasteiger partial charge in [-0.1, -0.05) is 37.3 Å². The summed E-state index contributed by atoms with van der Waals surface area (Å²) in [6.45, 7) is 4.58. The average Bonchev–Trinajstić information content (AvgIpc) is 2.47. The fourth-order valence-corrected chi connectivity index (χ4v) is 2.11. The quantitative estimate of drug-likeness (QED) is 0.853. The molecule has 1 atom stereocenters. The summed E-state index contributed by atoms with van der Waals surface area (Å²) in [4.78, 5) is 19.1. The number of hydrogen-bond acceptors (Lipinski definition) is 4. The van der Waals surface area contributed by atoms with Crippen LogP contribution < -0.4 is 5.32 Å². The molecule has 1 aromatic carbocycles. The van der Waals surface area contributed by atoms with Crippen molar-refractivity contribution in [2.45, 2.75) is 26.2 Å². The smallest absolute Gasteiger partial charge is 0.339 e. The molecule has 0 aliphatic carbocycles. The van der Waals surface area contributed by atoms with Crippen molar-refractivity contribution >= 4 is 11.9 Å². The molecule has 0 aliphatic rings. The Balaban J connectivity index is 1.89. The van der Waals surface area contributed by atoms with Crippen molar-refractivity contribution in [3.05, 3.63) is 53.3 Å². The third kappa shape index (κ3) is 4.02. The number of nitrogens with one attached hydrogen (secondary N) is 1. The van der Waals surface area contributed by atoms with Crippen molar-refractivity contribution in [3.8, 4) is 0 Å². The highest BCUT2D eigenvalue weighted by atomic mass is 16.4. The van der Waals surface area contributed by atoms with Gasteiger partial charge in [-0.3, -0.25) is 0 Å². The van der Waals surface area contributed by atoms with E-state index in [2.05, 4.69) is 34.3 Å². The number of aromatic nitrogens is 2. The zero-order chi connectivity index (χ0) is 15.2. The van der Waals surface area contributed by atoms with Crippen LogP contribution in [0.2, 0.25) is 0 Å². The fourth-order valence-electron chi connectivity index (χ4n) is 2.11. The molecule has 1 unspecified atom stereocenters. The minimum atomic E-state index is -1.00. The van der Waals surface area contributed by atoms with Gasteiger partial charge in [0.15, 0.2) is 0 Å². The second-order valence-corrected chi connectivity index (χ2v) is 5.03. The Morgan fingerprint density at radius 1 is 1.33 bits per heavy atom. The molecule has 0 fully saturated rings. The number of rotatable bonds is 6. The van der Waals surface area contributed by atoms with E-state index in [4.69, 9.17) is 5.11 Å². The van der Waals surface area contributed by atoms with E-state index in [0.717, 1.165) is 13.0 Å². The molecule has 2 aromatic rings.